The van der Waals surface area contributed by atoms with Gasteiger partial charge in [-0.25, -0.2) is 0 Å². The molecule has 2 aromatic rings. The zero-order valence-electron chi connectivity index (χ0n) is 13.3. The van der Waals surface area contributed by atoms with E-state index in [2.05, 4.69) is 0 Å². The van der Waals surface area contributed by atoms with Gasteiger partial charge in [-0.3, -0.25) is 9.59 Å². The third-order valence-corrected chi connectivity index (χ3v) is 3.92. The number of methoxy groups -OCH3 is 1. The molecule has 0 radical (unpaired) electrons. The van der Waals surface area contributed by atoms with E-state index >= 15 is 0 Å². The number of aliphatic carboxylic acids is 1. The second-order valence-electron chi connectivity index (χ2n) is 5.86. The van der Waals surface area contributed by atoms with Crippen molar-refractivity contribution in [3.05, 3.63) is 65.7 Å². The molecule has 0 saturated heterocycles. The predicted octanol–water partition coefficient (Wildman–Crippen LogP) is 3.60. The molecule has 0 fully saturated rings. The maximum absolute atomic E-state index is 12.4. The highest BCUT2D eigenvalue weighted by atomic mass is 16.5. The molecular weight excluding hydrogens is 292 g/mol. The molecule has 0 aliphatic rings. The highest BCUT2D eigenvalue weighted by Gasteiger charge is 2.36. The van der Waals surface area contributed by atoms with Gasteiger partial charge in [0.05, 0.1) is 12.5 Å². The number of hydrogen-bond donors (Lipinski definition) is 1. The molecule has 23 heavy (non-hydrogen) atoms. The third kappa shape index (κ3) is 4.19. The molecule has 0 aliphatic heterocycles. The topological polar surface area (TPSA) is 63.6 Å². The zero-order chi connectivity index (χ0) is 16.9. The van der Waals surface area contributed by atoms with Crippen LogP contribution in [0.1, 0.15) is 29.3 Å². The second-order valence-corrected chi connectivity index (χ2v) is 5.86. The molecule has 0 amide bonds. The molecular formula is C19H20O4. The Kier molecular flexibility index (Phi) is 5.16. The summed E-state index contributed by atoms with van der Waals surface area (Å²) in [6, 6.07) is 16.0. The number of Topliss-reactive ketones (excluding diaryl/α,β-unsaturated/α-hetero) is 1. The molecule has 1 N–H and O–H groups in total. The van der Waals surface area contributed by atoms with Crippen molar-refractivity contribution in [3.8, 4) is 5.75 Å². The van der Waals surface area contributed by atoms with Gasteiger partial charge in [0.1, 0.15) is 5.75 Å². The largest absolute Gasteiger partial charge is 0.497 e. The molecule has 0 aliphatic carbocycles. The van der Waals surface area contributed by atoms with Crippen LogP contribution in [0.25, 0.3) is 0 Å². The van der Waals surface area contributed by atoms with Crippen LogP contribution in [0, 0.1) is 5.41 Å². The molecule has 1 atom stereocenters. The van der Waals surface area contributed by atoms with E-state index < -0.39 is 11.4 Å². The van der Waals surface area contributed by atoms with E-state index in [4.69, 9.17) is 4.74 Å². The summed E-state index contributed by atoms with van der Waals surface area (Å²) in [5, 5.41) is 9.61. The first-order valence-electron chi connectivity index (χ1n) is 7.39. The van der Waals surface area contributed by atoms with Crippen LogP contribution in [-0.2, 0) is 11.2 Å². The molecule has 0 bridgehead atoms. The second kappa shape index (κ2) is 7.09. The fourth-order valence-corrected chi connectivity index (χ4v) is 2.49. The van der Waals surface area contributed by atoms with Crippen LogP contribution < -0.4 is 4.74 Å². The van der Waals surface area contributed by atoms with Gasteiger partial charge in [-0.1, -0.05) is 42.5 Å². The number of carbonyl (C=O) groups excluding carboxylic acids is 1. The molecule has 0 saturated carbocycles. The van der Waals surface area contributed by atoms with Gasteiger partial charge in [-0.15, -0.1) is 0 Å². The van der Waals surface area contributed by atoms with Crippen molar-refractivity contribution < 1.29 is 19.4 Å². The van der Waals surface area contributed by atoms with Gasteiger partial charge in [0.2, 0.25) is 0 Å². The Morgan fingerprint density at radius 1 is 1.04 bits per heavy atom. The first-order chi connectivity index (χ1) is 10.9. The van der Waals surface area contributed by atoms with Crippen LogP contribution in [0.5, 0.6) is 5.75 Å². The Balaban J connectivity index is 2.18. The number of carboxylic acids is 1. The minimum Gasteiger partial charge on any atom is -0.497 e. The summed E-state index contributed by atoms with van der Waals surface area (Å²) in [6.45, 7) is 1.61. The lowest BCUT2D eigenvalue weighted by molar-refractivity contribution is -0.147. The van der Waals surface area contributed by atoms with Crippen molar-refractivity contribution in [2.45, 2.75) is 19.8 Å². The van der Waals surface area contributed by atoms with E-state index in [1.54, 1.807) is 50.4 Å². The van der Waals surface area contributed by atoms with Crippen molar-refractivity contribution in [2.75, 3.05) is 7.11 Å². The molecule has 0 heterocycles. The van der Waals surface area contributed by atoms with Crippen molar-refractivity contribution in [1.29, 1.82) is 0 Å². The zero-order valence-corrected chi connectivity index (χ0v) is 13.3. The van der Waals surface area contributed by atoms with Crippen LogP contribution in [0.2, 0.25) is 0 Å². The Morgan fingerprint density at radius 2 is 1.65 bits per heavy atom. The minimum absolute atomic E-state index is 0.0433. The lowest BCUT2D eigenvalue weighted by Crippen LogP contribution is -2.32. The van der Waals surface area contributed by atoms with Gasteiger partial charge < -0.3 is 9.84 Å². The number of ketones is 1. The summed E-state index contributed by atoms with van der Waals surface area (Å²) < 4.78 is 5.10. The van der Waals surface area contributed by atoms with Gasteiger partial charge in [0.15, 0.2) is 5.78 Å². The fraction of sp³-hybridized carbons (Fsp3) is 0.263. The van der Waals surface area contributed by atoms with E-state index in [0.717, 1.165) is 5.56 Å². The van der Waals surface area contributed by atoms with Crippen molar-refractivity contribution in [1.82, 2.24) is 0 Å². The number of ether oxygens (including phenoxy) is 1. The van der Waals surface area contributed by atoms with Gasteiger partial charge >= 0.3 is 5.97 Å². The summed E-state index contributed by atoms with van der Waals surface area (Å²) in [7, 11) is 1.58. The third-order valence-electron chi connectivity index (χ3n) is 3.92. The number of benzene rings is 2. The normalized spacial score (nSPS) is 13.1. The van der Waals surface area contributed by atoms with E-state index in [1.165, 1.54) is 0 Å². The van der Waals surface area contributed by atoms with Crippen molar-refractivity contribution in [2.24, 2.45) is 5.41 Å². The van der Waals surface area contributed by atoms with E-state index in [0.29, 0.717) is 11.3 Å². The maximum Gasteiger partial charge on any atom is 0.310 e. The fourth-order valence-electron chi connectivity index (χ4n) is 2.49. The van der Waals surface area contributed by atoms with Crippen LogP contribution in [-0.4, -0.2) is 24.0 Å². The molecule has 2 aromatic carbocycles. The maximum atomic E-state index is 12.4. The molecule has 0 aromatic heterocycles. The quantitative estimate of drug-likeness (QED) is 0.793. The monoisotopic (exact) mass is 312 g/mol. The van der Waals surface area contributed by atoms with Crippen LogP contribution in [0.3, 0.4) is 0 Å². The van der Waals surface area contributed by atoms with Gasteiger partial charge in [0, 0.05) is 12.0 Å². The number of carboxylic acid groups (broad SMARTS) is 1. The molecule has 2 rings (SSSR count). The van der Waals surface area contributed by atoms with E-state index in [-0.39, 0.29) is 18.6 Å². The smallest absolute Gasteiger partial charge is 0.310 e. The summed E-state index contributed by atoms with van der Waals surface area (Å²) in [4.78, 5) is 24.1. The SMILES string of the molecule is COc1ccc(C[C@@](C)(CC(=O)c2ccccc2)C(=O)O)cc1. The Bertz CT molecular complexity index is 676. The lowest BCUT2D eigenvalue weighted by atomic mass is 9.78. The number of hydrogen-bond acceptors (Lipinski definition) is 3. The molecule has 0 unspecified atom stereocenters. The van der Waals surface area contributed by atoms with Gasteiger partial charge in [0.25, 0.3) is 0 Å². The van der Waals surface area contributed by atoms with Gasteiger partial charge in [-0.05, 0) is 31.0 Å². The standard InChI is InChI=1S/C19H20O4/c1-19(18(21)22,12-14-8-10-16(23-2)11-9-14)13-17(20)15-6-4-3-5-7-15/h3-11H,12-13H2,1-2H3,(H,21,22)/t19-/m0/s1. The first-order valence-corrected chi connectivity index (χ1v) is 7.39. The minimum atomic E-state index is -1.15. The Morgan fingerprint density at radius 3 is 2.17 bits per heavy atom. The summed E-state index contributed by atoms with van der Waals surface area (Å²) in [5.41, 5.74) is 0.243. The number of rotatable bonds is 7. The number of carbonyl (C=O) groups is 2. The Labute approximate surface area is 135 Å². The molecule has 120 valence electrons. The van der Waals surface area contributed by atoms with Crippen LogP contribution in [0.15, 0.2) is 54.6 Å². The highest BCUT2D eigenvalue weighted by molar-refractivity contribution is 5.98. The molecule has 0 spiro atoms. The van der Waals surface area contributed by atoms with Crippen molar-refractivity contribution >= 4 is 11.8 Å². The predicted molar refractivity (Wildman–Crippen MR) is 87.8 cm³/mol. The lowest BCUT2D eigenvalue weighted by Gasteiger charge is -2.24. The Hall–Kier alpha value is -2.62. The molecule has 4 heteroatoms. The van der Waals surface area contributed by atoms with E-state index in [9.17, 15) is 14.7 Å². The van der Waals surface area contributed by atoms with E-state index in [1.807, 2.05) is 18.2 Å². The van der Waals surface area contributed by atoms with Crippen LogP contribution in [0.4, 0.5) is 0 Å². The van der Waals surface area contributed by atoms with Crippen LogP contribution >= 0.6 is 0 Å². The summed E-state index contributed by atoms with van der Waals surface area (Å²) in [5.74, 6) is -0.423. The summed E-state index contributed by atoms with van der Waals surface area (Å²) in [6.07, 6.45) is 0.239. The highest BCUT2D eigenvalue weighted by Crippen LogP contribution is 2.29. The summed E-state index contributed by atoms with van der Waals surface area (Å²) >= 11 is 0. The average molecular weight is 312 g/mol. The first kappa shape index (κ1) is 16.7. The average Bonchev–Trinajstić information content (AvgIpc) is 2.56. The van der Waals surface area contributed by atoms with Gasteiger partial charge in [-0.2, -0.15) is 0 Å². The van der Waals surface area contributed by atoms with Crippen molar-refractivity contribution in [3.63, 3.8) is 0 Å². The molecule has 4 nitrogen and oxygen atoms in total.